The van der Waals surface area contributed by atoms with Crippen LogP contribution in [0.1, 0.15) is 11.1 Å². The van der Waals surface area contributed by atoms with Crippen molar-refractivity contribution in [2.24, 2.45) is 0 Å². The molecular weight excluding hydrogens is 298 g/mol. The van der Waals surface area contributed by atoms with E-state index >= 15 is 0 Å². The highest BCUT2D eigenvalue weighted by Gasteiger charge is 2.12. The molecule has 2 aromatic carbocycles. The van der Waals surface area contributed by atoms with E-state index < -0.39 is 0 Å². The van der Waals surface area contributed by atoms with Gasteiger partial charge in [0.25, 0.3) is 0 Å². The van der Waals surface area contributed by atoms with Crippen molar-refractivity contribution in [3.8, 4) is 0 Å². The lowest BCUT2D eigenvalue weighted by atomic mass is 10.2. The lowest BCUT2D eigenvalue weighted by Gasteiger charge is -2.17. The SMILES string of the molecule is CN(Cc1ccc(Cl)cc1)c1nnnn1Cc1ccccc1. The first-order chi connectivity index (χ1) is 10.7. The third-order valence-electron chi connectivity index (χ3n) is 3.36. The standard InChI is InChI=1S/C16H16ClN5/c1-21(11-14-7-9-15(17)10-8-14)16-18-19-20-22(16)12-13-5-3-2-4-6-13/h2-10H,11-12H2,1H3. The molecule has 0 aliphatic rings. The maximum Gasteiger partial charge on any atom is 0.245 e. The van der Waals surface area contributed by atoms with Crippen LogP contribution in [0, 0.1) is 0 Å². The van der Waals surface area contributed by atoms with Crippen LogP contribution in [0.4, 0.5) is 5.95 Å². The molecule has 22 heavy (non-hydrogen) atoms. The predicted molar refractivity (Wildman–Crippen MR) is 86.9 cm³/mol. The molecule has 0 bridgehead atoms. The number of hydrogen-bond acceptors (Lipinski definition) is 4. The first-order valence-electron chi connectivity index (χ1n) is 6.98. The summed E-state index contributed by atoms with van der Waals surface area (Å²) in [7, 11) is 1.97. The zero-order valence-electron chi connectivity index (χ0n) is 12.2. The van der Waals surface area contributed by atoms with Gasteiger partial charge in [-0.25, -0.2) is 4.68 Å². The van der Waals surface area contributed by atoms with Gasteiger partial charge in [0.05, 0.1) is 6.54 Å². The maximum absolute atomic E-state index is 5.91. The van der Waals surface area contributed by atoms with E-state index in [0.29, 0.717) is 13.1 Å². The number of halogens is 1. The highest BCUT2D eigenvalue weighted by Crippen LogP contribution is 2.15. The minimum absolute atomic E-state index is 0.647. The molecule has 0 saturated heterocycles. The average Bonchev–Trinajstić information content (AvgIpc) is 2.99. The van der Waals surface area contributed by atoms with Gasteiger partial charge in [0.2, 0.25) is 5.95 Å². The lowest BCUT2D eigenvalue weighted by Crippen LogP contribution is -2.21. The molecule has 0 spiro atoms. The molecule has 3 rings (SSSR count). The molecule has 5 nitrogen and oxygen atoms in total. The lowest BCUT2D eigenvalue weighted by molar-refractivity contribution is 0.638. The van der Waals surface area contributed by atoms with Gasteiger partial charge in [-0.2, -0.15) is 0 Å². The van der Waals surface area contributed by atoms with Crippen molar-refractivity contribution in [3.63, 3.8) is 0 Å². The molecule has 0 unspecified atom stereocenters. The summed E-state index contributed by atoms with van der Waals surface area (Å²) in [5.41, 5.74) is 2.32. The van der Waals surface area contributed by atoms with Gasteiger partial charge in [-0.3, -0.25) is 0 Å². The molecule has 0 aliphatic heterocycles. The fraction of sp³-hybridized carbons (Fsp3) is 0.188. The normalized spacial score (nSPS) is 10.6. The summed E-state index contributed by atoms with van der Waals surface area (Å²) < 4.78 is 1.80. The molecule has 0 radical (unpaired) electrons. The van der Waals surface area contributed by atoms with Gasteiger partial charge in [0.15, 0.2) is 0 Å². The summed E-state index contributed by atoms with van der Waals surface area (Å²) in [6.45, 7) is 1.36. The maximum atomic E-state index is 5.91. The Hall–Kier alpha value is -2.40. The fourth-order valence-corrected chi connectivity index (χ4v) is 2.39. The topological polar surface area (TPSA) is 46.8 Å². The Morgan fingerprint density at radius 2 is 1.73 bits per heavy atom. The van der Waals surface area contributed by atoms with Crippen LogP contribution >= 0.6 is 11.6 Å². The highest BCUT2D eigenvalue weighted by atomic mass is 35.5. The molecule has 0 saturated carbocycles. The van der Waals surface area contributed by atoms with E-state index in [4.69, 9.17) is 11.6 Å². The van der Waals surface area contributed by atoms with E-state index in [2.05, 4.69) is 27.7 Å². The first-order valence-corrected chi connectivity index (χ1v) is 7.36. The molecule has 3 aromatic rings. The van der Waals surface area contributed by atoms with Gasteiger partial charge >= 0.3 is 0 Å². The summed E-state index contributed by atoms with van der Waals surface area (Å²) in [4.78, 5) is 2.02. The molecule has 0 fully saturated rings. The summed E-state index contributed by atoms with van der Waals surface area (Å²) in [6, 6.07) is 17.9. The van der Waals surface area contributed by atoms with Gasteiger partial charge in [-0.15, -0.1) is 0 Å². The van der Waals surface area contributed by atoms with Gasteiger partial charge in [0, 0.05) is 18.6 Å². The van der Waals surface area contributed by atoms with Crippen molar-refractivity contribution in [2.45, 2.75) is 13.1 Å². The molecule has 6 heteroatoms. The molecule has 1 aromatic heterocycles. The van der Waals surface area contributed by atoms with E-state index in [-0.39, 0.29) is 0 Å². The second-order valence-electron chi connectivity index (χ2n) is 5.10. The van der Waals surface area contributed by atoms with E-state index in [1.54, 1.807) is 4.68 Å². The highest BCUT2D eigenvalue weighted by molar-refractivity contribution is 6.30. The van der Waals surface area contributed by atoms with Crippen molar-refractivity contribution < 1.29 is 0 Å². The number of nitrogens with zero attached hydrogens (tertiary/aromatic N) is 5. The third kappa shape index (κ3) is 3.43. The summed E-state index contributed by atoms with van der Waals surface area (Å²) in [5, 5.41) is 12.7. The predicted octanol–water partition coefficient (Wildman–Crippen LogP) is 3.01. The summed E-state index contributed by atoms with van der Waals surface area (Å²) in [6.07, 6.45) is 0. The first kappa shape index (κ1) is 14.5. The van der Waals surface area contributed by atoms with Gasteiger partial charge in [0.1, 0.15) is 0 Å². The number of rotatable bonds is 5. The summed E-state index contributed by atoms with van der Waals surface area (Å²) >= 11 is 5.91. The van der Waals surface area contributed by atoms with Crippen molar-refractivity contribution >= 4 is 17.5 Å². The second kappa shape index (κ2) is 6.58. The van der Waals surface area contributed by atoms with Crippen LogP contribution in [-0.4, -0.2) is 27.3 Å². The number of anilines is 1. The summed E-state index contributed by atoms with van der Waals surface area (Å²) in [5.74, 6) is 0.735. The minimum atomic E-state index is 0.647. The number of aromatic nitrogens is 4. The Morgan fingerprint density at radius 3 is 2.45 bits per heavy atom. The van der Waals surface area contributed by atoms with Crippen LogP contribution in [0.15, 0.2) is 54.6 Å². The van der Waals surface area contributed by atoms with Crippen LogP contribution in [0.5, 0.6) is 0 Å². The van der Waals surface area contributed by atoms with Crippen LogP contribution in [0.3, 0.4) is 0 Å². The number of hydrogen-bond donors (Lipinski definition) is 0. The van der Waals surface area contributed by atoms with E-state index in [9.17, 15) is 0 Å². The Balaban J connectivity index is 1.74. The van der Waals surface area contributed by atoms with Crippen molar-refractivity contribution in [1.82, 2.24) is 20.2 Å². The molecule has 0 atom stereocenters. The zero-order chi connectivity index (χ0) is 15.4. The number of tetrazole rings is 1. The largest absolute Gasteiger partial charge is 0.338 e. The fourth-order valence-electron chi connectivity index (χ4n) is 2.27. The quantitative estimate of drug-likeness (QED) is 0.726. The Morgan fingerprint density at radius 1 is 1.00 bits per heavy atom. The monoisotopic (exact) mass is 313 g/mol. The minimum Gasteiger partial charge on any atom is -0.338 e. The molecule has 1 heterocycles. The second-order valence-corrected chi connectivity index (χ2v) is 5.54. The van der Waals surface area contributed by atoms with Crippen molar-refractivity contribution in [1.29, 1.82) is 0 Å². The van der Waals surface area contributed by atoms with E-state index in [1.165, 1.54) is 0 Å². The van der Waals surface area contributed by atoms with E-state index in [1.807, 2.05) is 54.4 Å². The van der Waals surface area contributed by atoms with Crippen LogP contribution in [-0.2, 0) is 13.1 Å². The van der Waals surface area contributed by atoms with Gasteiger partial charge < -0.3 is 4.90 Å². The Labute approximate surface area is 134 Å². The van der Waals surface area contributed by atoms with Crippen LogP contribution in [0.25, 0.3) is 0 Å². The van der Waals surface area contributed by atoms with Crippen LogP contribution in [0.2, 0.25) is 5.02 Å². The van der Waals surface area contributed by atoms with Crippen LogP contribution < -0.4 is 4.90 Å². The van der Waals surface area contributed by atoms with Crippen molar-refractivity contribution in [3.05, 3.63) is 70.7 Å². The average molecular weight is 314 g/mol. The molecular formula is C16H16ClN5. The third-order valence-corrected chi connectivity index (χ3v) is 3.61. The van der Waals surface area contributed by atoms with E-state index in [0.717, 1.165) is 22.1 Å². The van der Waals surface area contributed by atoms with Gasteiger partial charge in [-0.1, -0.05) is 59.2 Å². The molecule has 0 aliphatic carbocycles. The smallest absolute Gasteiger partial charge is 0.245 e. The number of benzene rings is 2. The van der Waals surface area contributed by atoms with Gasteiger partial charge in [-0.05, 0) is 33.7 Å². The zero-order valence-corrected chi connectivity index (χ0v) is 13.0. The van der Waals surface area contributed by atoms with Crippen molar-refractivity contribution in [2.75, 3.05) is 11.9 Å². The Kier molecular flexibility index (Phi) is 4.34. The molecule has 0 amide bonds. The Bertz CT molecular complexity index is 724. The molecule has 0 N–H and O–H groups in total. The molecule has 112 valence electrons.